The number of aromatic nitrogens is 1. The second kappa shape index (κ2) is 9.93. The van der Waals surface area contributed by atoms with Gasteiger partial charge in [0.25, 0.3) is 0 Å². The number of hydrogen-bond acceptors (Lipinski definition) is 2. The second-order valence-corrected chi connectivity index (χ2v) is 6.39. The number of halogens is 1. The predicted molar refractivity (Wildman–Crippen MR) is 104 cm³/mol. The van der Waals surface area contributed by atoms with Gasteiger partial charge in [-0.05, 0) is 43.9 Å². The minimum atomic E-state index is -0.107. The third-order valence-corrected chi connectivity index (χ3v) is 4.95. The van der Waals surface area contributed by atoms with E-state index in [2.05, 4.69) is 22.9 Å². The van der Waals surface area contributed by atoms with Crippen LogP contribution in [-0.2, 0) is 17.7 Å². The lowest BCUT2D eigenvalue weighted by Crippen LogP contribution is -2.30. The SMILES string of the molecule is CC.CCc1c(C2CCCNC2)n(CCCOC)c2c(F)cccc12. The molecule has 1 unspecified atom stereocenters. The number of piperidine rings is 1. The highest BCUT2D eigenvalue weighted by Gasteiger charge is 2.25. The summed E-state index contributed by atoms with van der Waals surface area (Å²) in [4.78, 5) is 0. The zero-order valence-electron chi connectivity index (χ0n) is 16.2. The molecule has 2 heterocycles. The number of nitrogens with one attached hydrogen (secondary N) is 1. The summed E-state index contributed by atoms with van der Waals surface area (Å²) in [5, 5.41) is 4.59. The molecule has 3 rings (SSSR count). The standard InChI is InChI=1S/C19H27FN2O.C2H6/c1-3-15-16-8-4-9-17(20)19(16)22(11-6-12-23-2)18(15)14-7-5-10-21-13-14;1-2/h4,8-9,14,21H,3,5-7,10-13H2,1-2H3;1-2H3. The van der Waals surface area contributed by atoms with Gasteiger partial charge in [0.05, 0.1) is 5.52 Å². The van der Waals surface area contributed by atoms with E-state index in [0.29, 0.717) is 12.5 Å². The Morgan fingerprint density at radius 1 is 1.32 bits per heavy atom. The Labute approximate surface area is 151 Å². The molecule has 1 aromatic heterocycles. The van der Waals surface area contributed by atoms with Crippen LogP contribution in [0.25, 0.3) is 10.9 Å². The number of para-hydroxylation sites is 1. The summed E-state index contributed by atoms with van der Waals surface area (Å²) < 4.78 is 22.0. The molecule has 2 aromatic rings. The van der Waals surface area contributed by atoms with Gasteiger partial charge in [-0.3, -0.25) is 0 Å². The van der Waals surface area contributed by atoms with Crippen molar-refractivity contribution >= 4 is 10.9 Å². The van der Waals surface area contributed by atoms with E-state index in [-0.39, 0.29) is 5.82 Å². The van der Waals surface area contributed by atoms with Crippen LogP contribution in [0.4, 0.5) is 4.39 Å². The van der Waals surface area contributed by atoms with E-state index in [1.807, 2.05) is 19.9 Å². The van der Waals surface area contributed by atoms with Gasteiger partial charge in [-0.25, -0.2) is 4.39 Å². The number of methoxy groups -OCH3 is 1. The van der Waals surface area contributed by atoms with Gasteiger partial charge in [-0.1, -0.05) is 32.9 Å². The highest BCUT2D eigenvalue weighted by Crippen LogP contribution is 2.36. The number of ether oxygens (including phenoxy) is 1. The lowest BCUT2D eigenvalue weighted by molar-refractivity contribution is 0.190. The van der Waals surface area contributed by atoms with Crippen molar-refractivity contribution in [3.05, 3.63) is 35.3 Å². The molecular weight excluding hydrogens is 315 g/mol. The van der Waals surface area contributed by atoms with Crippen LogP contribution >= 0.6 is 0 Å². The van der Waals surface area contributed by atoms with Crippen LogP contribution in [-0.4, -0.2) is 31.4 Å². The molecule has 1 fully saturated rings. The lowest BCUT2D eigenvalue weighted by Gasteiger charge is -2.26. The third kappa shape index (κ3) is 4.24. The Morgan fingerprint density at radius 3 is 2.76 bits per heavy atom. The Hall–Kier alpha value is -1.39. The minimum absolute atomic E-state index is 0.107. The van der Waals surface area contributed by atoms with E-state index < -0.39 is 0 Å². The van der Waals surface area contributed by atoms with Crippen LogP contribution in [0.3, 0.4) is 0 Å². The third-order valence-electron chi connectivity index (χ3n) is 4.95. The number of nitrogens with zero attached hydrogens (tertiary/aromatic N) is 1. The molecule has 0 saturated carbocycles. The summed E-state index contributed by atoms with van der Waals surface area (Å²) in [5.74, 6) is 0.373. The molecule has 0 bridgehead atoms. The number of benzene rings is 1. The van der Waals surface area contributed by atoms with E-state index >= 15 is 0 Å². The van der Waals surface area contributed by atoms with Crippen molar-refractivity contribution < 1.29 is 9.13 Å². The number of fused-ring (bicyclic) bond motifs is 1. The predicted octanol–water partition coefficient (Wildman–Crippen LogP) is 4.87. The monoisotopic (exact) mass is 348 g/mol. The summed E-state index contributed by atoms with van der Waals surface area (Å²) >= 11 is 0. The Kier molecular flexibility index (Phi) is 7.91. The second-order valence-electron chi connectivity index (χ2n) is 6.39. The van der Waals surface area contributed by atoms with Gasteiger partial charge < -0.3 is 14.6 Å². The zero-order chi connectivity index (χ0) is 18.2. The maximum absolute atomic E-state index is 14.6. The molecule has 1 aromatic carbocycles. The fourth-order valence-corrected chi connectivity index (χ4v) is 3.98. The van der Waals surface area contributed by atoms with E-state index in [0.717, 1.165) is 43.4 Å². The van der Waals surface area contributed by atoms with Crippen molar-refractivity contribution in [2.24, 2.45) is 0 Å². The van der Waals surface area contributed by atoms with Crippen molar-refractivity contribution in [2.75, 3.05) is 26.8 Å². The van der Waals surface area contributed by atoms with Crippen LogP contribution in [0.1, 0.15) is 57.2 Å². The smallest absolute Gasteiger partial charge is 0.147 e. The molecule has 1 atom stereocenters. The van der Waals surface area contributed by atoms with Crippen molar-refractivity contribution in [3.8, 4) is 0 Å². The van der Waals surface area contributed by atoms with Crippen molar-refractivity contribution in [3.63, 3.8) is 0 Å². The minimum Gasteiger partial charge on any atom is -0.385 e. The summed E-state index contributed by atoms with van der Waals surface area (Å²) in [5.41, 5.74) is 3.45. The number of hydrogen-bond donors (Lipinski definition) is 1. The summed E-state index contributed by atoms with van der Waals surface area (Å²) in [6, 6.07) is 5.49. The molecule has 140 valence electrons. The normalized spacial score (nSPS) is 17.4. The van der Waals surface area contributed by atoms with Crippen molar-refractivity contribution in [1.82, 2.24) is 9.88 Å². The highest BCUT2D eigenvalue weighted by atomic mass is 19.1. The Morgan fingerprint density at radius 2 is 2.12 bits per heavy atom. The summed E-state index contributed by atoms with van der Waals surface area (Å²) in [6.45, 7) is 9.79. The molecule has 3 nitrogen and oxygen atoms in total. The van der Waals surface area contributed by atoms with E-state index in [1.165, 1.54) is 24.1 Å². The fraction of sp³-hybridized carbons (Fsp3) is 0.619. The van der Waals surface area contributed by atoms with Crippen LogP contribution in [0.15, 0.2) is 18.2 Å². The molecule has 0 radical (unpaired) electrons. The van der Waals surface area contributed by atoms with Gasteiger partial charge in [-0.15, -0.1) is 0 Å². The van der Waals surface area contributed by atoms with Crippen LogP contribution < -0.4 is 5.32 Å². The number of rotatable bonds is 6. The zero-order valence-corrected chi connectivity index (χ0v) is 16.2. The van der Waals surface area contributed by atoms with Gasteiger partial charge in [0.1, 0.15) is 5.82 Å². The first-order valence-electron chi connectivity index (χ1n) is 9.77. The van der Waals surface area contributed by atoms with Crippen molar-refractivity contribution in [2.45, 2.75) is 58.9 Å². The summed E-state index contributed by atoms with van der Waals surface area (Å²) in [7, 11) is 1.72. The molecule has 1 aliphatic rings. The number of aryl methyl sites for hydroxylation is 2. The molecule has 1 N–H and O–H groups in total. The van der Waals surface area contributed by atoms with Gasteiger partial charge in [-0.2, -0.15) is 0 Å². The maximum atomic E-state index is 14.6. The van der Waals surface area contributed by atoms with Gasteiger partial charge in [0, 0.05) is 43.8 Å². The first-order valence-corrected chi connectivity index (χ1v) is 9.77. The first kappa shape index (κ1) is 19.9. The van der Waals surface area contributed by atoms with E-state index in [9.17, 15) is 4.39 Å². The van der Waals surface area contributed by atoms with E-state index in [4.69, 9.17) is 4.74 Å². The topological polar surface area (TPSA) is 26.2 Å². The lowest BCUT2D eigenvalue weighted by atomic mass is 9.92. The summed E-state index contributed by atoms with van der Waals surface area (Å²) in [6.07, 6.45) is 4.23. The average molecular weight is 349 g/mol. The van der Waals surface area contributed by atoms with E-state index in [1.54, 1.807) is 13.2 Å². The molecule has 4 heteroatoms. The molecular formula is C21H33FN2O. The maximum Gasteiger partial charge on any atom is 0.147 e. The van der Waals surface area contributed by atoms with Crippen LogP contribution in [0.2, 0.25) is 0 Å². The molecule has 1 saturated heterocycles. The average Bonchev–Trinajstić information content (AvgIpc) is 2.99. The highest BCUT2D eigenvalue weighted by molar-refractivity contribution is 5.86. The molecule has 1 aliphatic heterocycles. The quantitative estimate of drug-likeness (QED) is 0.754. The Balaban J connectivity index is 0.00000109. The first-order chi connectivity index (χ1) is 12.3. The largest absolute Gasteiger partial charge is 0.385 e. The molecule has 25 heavy (non-hydrogen) atoms. The van der Waals surface area contributed by atoms with Crippen LogP contribution in [0, 0.1) is 5.82 Å². The van der Waals surface area contributed by atoms with Gasteiger partial charge >= 0.3 is 0 Å². The van der Waals surface area contributed by atoms with Gasteiger partial charge in [0.15, 0.2) is 0 Å². The Bertz CT molecular complexity index is 659. The van der Waals surface area contributed by atoms with Crippen molar-refractivity contribution in [1.29, 1.82) is 0 Å². The molecule has 0 amide bonds. The molecule has 0 spiro atoms. The van der Waals surface area contributed by atoms with Gasteiger partial charge in [0.2, 0.25) is 0 Å². The molecule has 0 aliphatic carbocycles. The van der Waals surface area contributed by atoms with Crippen LogP contribution in [0.5, 0.6) is 0 Å². The fourth-order valence-electron chi connectivity index (χ4n) is 3.98.